The van der Waals surface area contributed by atoms with Crippen LogP contribution in [0, 0.1) is 13.8 Å². The van der Waals surface area contributed by atoms with Gasteiger partial charge in [-0.15, -0.1) is 0 Å². The number of hydrogen-bond donors (Lipinski definition) is 1. The highest BCUT2D eigenvalue weighted by Gasteiger charge is 2.13. The first kappa shape index (κ1) is 13.4. The summed E-state index contributed by atoms with van der Waals surface area (Å²) in [7, 11) is 0. The van der Waals surface area contributed by atoms with E-state index in [1.807, 2.05) is 13.8 Å². The van der Waals surface area contributed by atoms with Crippen molar-refractivity contribution in [1.29, 1.82) is 0 Å². The van der Waals surface area contributed by atoms with Crippen molar-refractivity contribution in [2.24, 2.45) is 0 Å². The van der Waals surface area contributed by atoms with Crippen molar-refractivity contribution < 1.29 is 4.42 Å². The van der Waals surface area contributed by atoms with Gasteiger partial charge in [-0.2, -0.15) is 0 Å². The Hall–Kier alpha value is -1.54. The number of rotatable bonds is 4. The molecular weight excluding hydrogens is 246 g/mol. The predicted molar refractivity (Wildman–Crippen MR) is 81.9 cm³/mol. The third kappa shape index (κ3) is 2.66. The molecule has 1 N–H and O–H groups in total. The standard InChI is InChI=1S/C18H23NO/c1-12-9-18(14(3)20-12)13(2)19-11-15-7-8-16-5-4-6-17(16)10-15/h7-10,13,19H,4-6,11H2,1-3H3. The van der Waals surface area contributed by atoms with E-state index in [1.165, 1.54) is 30.4 Å². The zero-order valence-electron chi connectivity index (χ0n) is 12.6. The lowest BCUT2D eigenvalue weighted by atomic mass is 10.1. The molecule has 0 saturated carbocycles. The van der Waals surface area contributed by atoms with Crippen LogP contribution in [0.4, 0.5) is 0 Å². The molecule has 1 heterocycles. The number of hydrogen-bond acceptors (Lipinski definition) is 2. The molecule has 0 radical (unpaired) electrons. The van der Waals surface area contributed by atoms with E-state index in [0.29, 0.717) is 6.04 Å². The maximum absolute atomic E-state index is 5.61. The fourth-order valence-corrected chi connectivity index (χ4v) is 3.20. The number of fused-ring (bicyclic) bond motifs is 1. The quantitative estimate of drug-likeness (QED) is 0.898. The lowest BCUT2D eigenvalue weighted by molar-refractivity contribution is 0.489. The molecule has 0 amide bonds. The van der Waals surface area contributed by atoms with Gasteiger partial charge in [0.2, 0.25) is 0 Å². The average Bonchev–Trinajstić information content (AvgIpc) is 3.01. The molecule has 2 heteroatoms. The van der Waals surface area contributed by atoms with Gasteiger partial charge in [0.1, 0.15) is 11.5 Å². The van der Waals surface area contributed by atoms with E-state index >= 15 is 0 Å². The van der Waals surface area contributed by atoms with Gasteiger partial charge in [0.25, 0.3) is 0 Å². The fourth-order valence-electron chi connectivity index (χ4n) is 3.20. The Balaban J connectivity index is 1.66. The van der Waals surface area contributed by atoms with Crippen LogP contribution in [-0.4, -0.2) is 0 Å². The van der Waals surface area contributed by atoms with Gasteiger partial charge < -0.3 is 9.73 Å². The second-order valence-electron chi connectivity index (χ2n) is 5.93. The molecule has 1 unspecified atom stereocenters. The van der Waals surface area contributed by atoms with Crippen molar-refractivity contribution in [3.05, 3.63) is 58.0 Å². The molecule has 0 fully saturated rings. The second kappa shape index (κ2) is 5.45. The molecule has 1 aliphatic rings. The Kier molecular flexibility index (Phi) is 3.66. The molecule has 3 rings (SSSR count). The van der Waals surface area contributed by atoms with E-state index in [2.05, 4.69) is 36.5 Å². The summed E-state index contributed by atoms with van der Waals surface area (Å²) < 4.78 is 5.61. The topological polar surface area (TPSA) is 25.2 Å². The molecule has 0 bridgehead atoms. The fraction of sp³-hybridized carbons (Fsp3) is 0.444. The van der Waals surface area contributed by atoms with Crippen LogP contribution in [0.5, 0.6) is 0 Å². The zero-order valence-corrected chi connectivity index (χ0v) is 12.6. The van der Waals surface area contributed by atoms with E-state index < -0.39 is 0 Å². The lowest BCUT2D eigenvalue weighted by Crippen LogP contribution is -2.18. The van der Waals surface area contributed by atoms with Gasteiger partial charge in [-0.25, -0.2) is 0 Å². The molecule has 2 aromatic rings. The highest BCUT2D eigenvalue weighted by molar-refractivity contribution is 5.35. The van der Waals surface area contributed by atoms with E-state index in [4.69, 9.17) is 4.42 Å². The molecule has 1 aliphatic carbocycles. The van der Waals surface area contributed by atoms with Crippen molar-refractivity contribution in [3.8, 4) is 0 Å². The normalized spacial score (nSPS) is 15.3. The molecule has 0 spiro atoms. The molecule has 1 aromatic carbocycles. The number of nitrogens with one attached hydrogen (secondary N) is 1. The van der Waals surface area contributed by atoms with E-state index in [1.54, 1.807) is 11.1 Å². The average molecular weight is 269 g/mol. The minimum absolute atomic E-state index is 0.320. The van der Waals surface area contributed by atoms with Crippen molar-refractivity contribution in [3.63, 3.8) is 0 Å². The third-order valence-corrected chi connectivity index (χ3v) is 4.32. The first-order chi connectivity index (χ1) is 9.63. The van der Waals surface area contributed by atoms with Crippen LogP contribution in [0.1, 0.15) is 53.2 Å². The molecular formula is C18H23NO. The van der Waals surface area contributed by atoms with Crippen LogP contribution in [0.25, 0.3) is 0 Å². The van der Waals surface area contributed by atoms with Crippen molar-refractivity contribution in [1.82, 2.24) is 5.32 Å². The van der Waals surface area contributed by atoms with Crippen LogP contribution < -0.4 is 5.32 Å². The maximum atomic E-state index is 5.61. The van der Waals surface area contributed by atoms with Crippen LogP contribution in [0.15, 0.2) is 28.7 Å². The van der Waals surface area contributed by atoms with Crippen molar-refractivity contribution in [2.45, 2.75) is 52.6 Å². The second-order valence-corrected chi connectivity index (χ2v) is 5.93. The monoisotopic (exact) mass is 269 g/mol. The van der Waals surface area contributed by atoms with Gasteiger partial charge in [-0.05, 0) is 62.8 Å². The minimum atomic E-state index is 0.320. The largest absolute Gasteiger partial charge is 0.466 e. The number of aryl methyl sites for hydroxylation is 4. The summed E-state index contributed by atoms with van der Waals surface area (Å²) >= 11 is 0. The summed E-state index contributed by atoms with van der Waals surface area (Å²) in [5.41, 5.74) is 5.74. The number of furan rings is 1. The molecule has 0 aliphatic heterocycles. The number of benzene rings is 1. The summed E-state index contributed by atoms with van der Waals surface area (Å²) in [6, 6.07) is 9.39. The van der Waals surface area contributed by atoms with E-state index in [-0.39, 0.29) is 0 Å². The van der Waals surface area contributed by atoms with Gasteiger partial charge in [0, 0.05) is 18.2 Å². The first-order valence-electron chi connectivity index (χ1n) is 7.54. The Morgan fingerprint density at radius 3 is 2.70 bits per heavy atom. The van der Waals surface area contributed by atoms with Gasteiger partial charge >= 0.3 is 0 Å². The van der Waals surface area contributed by atoms with Crippen LogP contribution in [0.2, 0.25) is 0 Å². The first-order valence-corrected chi connectivity index (χ1v) is 7.54. The van der Waals surface area contributed by atoms with Crippen molar-refractivity contribution >= 4 is 0 Å². The summed E-state index contributed by atoms with van der Waals surface area (Å²) in [5.74, 6) is 2.01. The molecule has 1 atom stereocenters. The van der Waals surface area contributed by atoms with Gasteiger partial charge in [-0.3, -0.25) is 0 Å². The summed E-state index contributed by atoms with van der Waals surface area (Å²) in [4.78, 5) is 0. The zero-order chi connectivity index (χ0) is 14.1. The Labute approximate surface area is 121 Å². The third-order valence-electron chi connectivity index (χ3n) is 4.32. The van der Waals surface area contributed by atoms with Crippen LogP contribution >= 0.6 is 0 Å². The summed E-state index contributed by atoms with van der Waals surface area (Å²) in [6.07, 6.45) is 3.82. The highest BCUT2D eigenvalue weighted by Crippen LogP contribution is 2.24. The van der Waals surface area contributed by atoms with E-state index in [0.717, 1.165) is 18.1 Å². The molecule has 2 nitrogen and oxygen atoms in total. The Bertz CT molecular complexity index is 612. The molecule has 0 saturated heterocycles. The predicted octanol–water partition coefficient (Wildman–Crippen LogP) is 4.24. The summed E-state index contributed by atoms with van der Waals surface area (Å²) in [5, 5.41) is 3.60. The molecule has 20 heavy (non-hydrogen) atoms. The Morgan fingerprint density at radius 2 is 1.95 bits per heavy atom. The van der Waals surface area contributed by atoms with Crippen molar-refractivity contribution in [2.75, 3.05) is 0 Å². The van der Waals surface area contributed by atoms with Crippen LogP contribution in [0.3, 0.4) is 0 Å². The highest BCUT2D eigenvalue weighted by atomic mass is 16.3. The smallest absolute Gasteiger partial charge is 0.105 e. The SMILES string of the molecule is Cc1cc(C(C)NCc2ccc3c(c2)CCC3)c(C)o1. The lowest BCUT2D eigenvalue weighted by Gasteiger charge is -2.14. The minimum Gasteiger partial charge on any atom is -0.466 e. The van der Waals surface area contributed by atoms with Gasteiger partial charge in [-0.1, -0.05) is 18.2 Å². The van der Waals surface area contributed by atoms with Crippen LogP contribution in [-0.2, 0) is 19.4 Å². The van der Waals surface area contributed by atoms with Gasteiger partial charge in [0.05, 0.1) is 0 Å². The molecule has 1 aromatic heterocycles. The van der Waals surface area contributed by atoms with Gasteiger partial charge in [0.15, 0.2) is 0 Å². The Morgan fingerprint density at radius 1 is 1.15 bits per heavy atom. The maximum Gasteiger partial charge on any atom is 0.105 e. The molecule has 106 valence electrons. The van der Waals surface area contributed by atoms with E-state index in [9.17, 15) is 0 Å². The summed E-state index contributed by atoms with van der Waals surface area (Å²) in [6.45, 7) is 7.16.